The number of halogens is 2. The van der Waals surface area contributed by atoms with Crippen molar-refractivity contribution in [2.75, 3.05) is 10.6 Å². The second-order valence-electron chi connectivity index (χ2n) is 6.38. The molecule has 0 saturated heterocycles. The Morgan fingerprint density at radius 1 is 0.714 bits per heavy atom. The first-order valence-electron chi connectivity index (χ1n) is 8.59. The highest BCUT2D eigenvalue weighted by Gasteiger charge is 2.12. The molecule has 0 unspecified atom stereocenters. The van der Waals surface area contributed by atoms with Crippen molar-refractivity contribution in [3.63, 3.8) is 0 Å². The Morgan fingerprint density at radius 3 is 1.79 bits per heavy atom. The minimum absolute atomic E-state index is 0.140. The van der Waals surface area contributed by atoms with Gasteiger partial charge in [0.05, 0.1) is 0 Å². The number of benzene rings is 3. The summed E-state index contributed by atoms with van der Waals surface area (Å²) in [6.45, 7) is 3.82. The number of rotatable bonds is 4. The minimum atomic E-state index is -1.05. The summed E-state index contributed by atoms with van der Waals surface area (Å²) >= 11 is 0. The van der Waals surface area contributed by atoms with Crippen molar-refractivity contribution >= 4 is 23.2 Å². The highest BCUT2D eigenvalue weighted by molar-refractivity contribution is 6.07. The Hall–Kier alpha value is -3.54. The molecule has 2 N–H and O–H groups in total. The van der Waals surface area contributed by atoms with E-state index >= 15 is 0 Å². The number of carbonyl (C=O) groups excluding carboxylic acids is 2. The zero-order valence-electron chi connectivity index (χ0n) is 15.3. The van der Waals surface area contributed by atoms with Crippen molar-refractivity contribution in [3.8, 4) is 0 Å². The molecule has 4 nitrogen and oxygen atoms in total. The van der Waals surface area contributed by atoms with Crippen molar-refractivity contribution in [2.24, 2.45) is 0 Å². The van der Waals surface area contributed by atoms with Gasteiger partial charge in [-0.2, -0.15) is 0 Å². The summed E-state index contributed by atoms with van der Waals surface area (Å²) in [5.74, 6) is -2.81. The van der Waals surface area contributed by atoms with Crippen LogP contribution in [0.25, 0.3) is 0 Å². The molecular formula is C22H18F2N2O2. The molecule has 3 aromatic rings. The van der Waals surface area contributed by atoms with Crippen molar-refractivity contribution < 1.29 is 18.4 Å². The Morgan fingerprint density at radius 2 is 1.25 bits per heavy atom. The summed E-state index contributed by atoms with van der Waals surface area (Å²) in [6.07, 6.45) is 0. The van der Waals surface area contributed by atoms with Crippen LogP contribution in [0.2, 0.25) is 0 Å². The SMILES string of the molecule is Cc1cccc(C)c1NC(=O)c1ccc(C(=O)Nc2ccc(F)c(F)c2)cc1. The van der Waals surface area contributed by atoms with E-state index in [1.165, 1.54) is 30.3 Å². The van der Waals surface area contributed by atoms with Crippen LogP contribution < -0.4 is 10.6 Å². The average molecular weight is 380 g/mol. The molecule has 0 saturated carbocycles. The quantitative estimate of drug-likeness (QED) is 0.663. The summed E-state index contributed by atoms with van der Waals surface area (Å²) < 4.78 is 26.2. The Kier molecular flexibility index (Phi) is 5.49. The highest BCUT2D eigenvalue weighted by Crippen LogP contribution is 2.20. The first kappa shape index (κ1) is 19.2. The number of amides is 2. The van der Waals surface area contributed by atoms with Crippen LogP contribution in [0.3, 0.4) is 0 Å². The maximum Gasteiger partial charge on any atom is 0.255 e. The number of para-hydroxylation sites is 1. The summed E-state index contributed by atoms with van der Waals surface area (Å²) in [7, 11) is 0. The Labute approximate surface area is 161 Å². The van der Waals surface area contributed by atoms with Crippen LogP contribution in [0.5, 0.6) is 0 Å². The first-order chi connectivity index (χ1) is 13.3. The van der Waals surface area contributed by atoms with Crippen LogP contribution in [0.1, 0.15) is 31.8 Å². The van der Waals surface area contributed by atoms with Crippen LogP contribution in [-0.4, -0.2) is 11.8 Å². The standard InChI is InChI=1S/C22H18F2N2O2/c1-13-4-3-5-14(2)20(13)26-22(28)16-8-6-15(7-9-16)21(27)25-17-10-11-18(23)19(24)12-17/h3-12H,1-2H3,(H,25,27)(H,26,28). The molecule has 3 aromatic carbocycles. The molecule has 0 spiro atoms. The van der Waals surface area contributed by atoms with E-state index in [1.54, 1.807) is 0 Å². The van der Waals surface area contributed by atoms with E-state index in [4.69, 9.17) is 0 Å². The fourth-order valence-corrected chi connectivity index (χ4v) is 2.75. The third-order valence-corrected chi connectivity index (χ3v) is 4.31. The van der Waals surface area contributed by atoms with Gasteiger partial charge in [-0.25, -0.2) is 8.78 Å². The van der Waals surface area contributed by atoms with E-state index in [2.05, 4.69) is 10.6 Å². The highest BCUT2D eigenvalue weighted by atomic mass is 19.2. The Balaban J connectivity index is 1.71. The van der Waals surface area contributed by atoms with Crippen molar-refractivity contribution in [1.82, 2.24) is 0 Å². The lowest BCUT2D eigenvalue weighted by Gasteiger charge is -2.12. The number of hydrogen-bond acceptors (Lipinski definition) is 2. The third kappa shape index (κ3) is 4.23. The molecule has 0 aliphatic rings. The third-order valence-electron chi connectivity index (χ3n) is 4.31. The summed E-state index contributed by atoms with van der Waals surface area (Å²) in [6, 6.07) is 14.9. The van der Waals surface area contributed by atoms with E-state index in [0.29, 0.717) is 5.56 Å². The first-order valence-corrected chi connectivity index (χ1v) is 8.59. The molecule has 0 atom stereocenters. The normalized spacial score (nSPS) is 10.4. The van der Waals surface area contributed by atoms with E-state index in [0.717, 1.165) is 28.9 Å². The maximum absolute atomic E-state index is 13.2. The molecule has 0 heterocycles. The second-order valence-corrected chi connectivity index (χ2v) is 6.38. The molecule has 0 radical (unpaired) electrons. The van der Waals surface area contributed by atoms with Gasteiger partial charge in [0.25, 0.3) is 11.8 Å². The van der Waals surface area contributed by atoms with E-state index < -0.39 is 17.5 Å². The van der Waals surface area contributed by atoms with Gasteiger partial charge >= 0.3 is 0 Å². The topological polar surface area (TPSA) is 58.2 Å². The molecule has 3 rings (SSSR count). The fraction of sp³-hybridized carbons (Fsp3) is 0.0909. The van der Waals surface area contributed by atoms with E-state index in [9.17, 15) is 18.4 Å². The van der Waals surface area contributed by atoms with Crippen LogP contribution in [0.15, 0.2) is 60.7 Å². The van der Waals surface area contributed by atoms with Gasteiger partial charge in [0.1, 0.15) is 0 Å². The maximum atomic E-state index is 13.2. The Bertz CT molecular complexity index is 1030. The molecule has 0 aliphatic heterocycles. The van der Waals surface area contributed by atoms with Gasteiger partial charge in [-0.15, -0.1) is 0 Å². The predicted octanol–water partition coefficient (Wildman–Crippen LogP) is 5.09. The van der Waals surface area contributed by atoms with Crippen LogP contribution >= 0.6 is 0 Å². The fourth-order valence-electron chi connectivity index (χ4n) is 2.75. The molecule has 28 heavy (non-hydrogen) atoms. The molecule has 0 aromatic heterocycles. The number of nitrogens with one attached hydrogen (secondary N) is 2. The molecule has 0 aliphatic carbocycles. The van der Waals surface area contributed by atoms with Crippen molar-refractivity contribution in [3.05, 3.63) is 94.6 Å². The van der Waals surface area contributed by atoms with Gasteiger partial charge in [0.2, 0.25) is 0 Å². The molecule has 0 bridgehead atoms. The summed E-state index contributed by atoms with van der Waals surface area (Å²) in [5.41, 5.74) is 3.49. The molecule has 2 amide bonds. The zero-order valence-corrected chi connectivity index (χ0v) is 15.3. The summed E-state index contributed by atoms with van der Waals surface area (Å²) in [5, 5.41) is 5.36. The van der Waals surface area contributed by atoms with E-state index in [-0.39, 0.29) is 17.2 Å². The molecule has 6 heteroatoms. The van der Waals surface area contributed by atoms with Gasteiger partial charge in [0.15, 0.2) is 11.6 Å². The van der Waals surface area contributed by atoms with Crippen LogP contribution in [-0.2, 0) is 0 Å². The monoisotopic (exact) mass is 380 g/mol. The molecular weight excluding hydrogens is 362 g/mol. The van der Waals surface area contributed by atoms with Gasteiger partial charge < -0.3 is 10.6 Å². The lowest BCUT2D eigenvalue weighted by molar-refractivity contribution is 0.101. The molecule has 142 valence electrons. The zero-order chi connectivity index (χ0) is 20.3. The van der Waals surface area contributed by atoms with Gasteiger partial charge in [-0.3, -0.25) is 9.59 Å². The number of carbonyl (C=O) groups is 2. The predicted molar refractivity (Wildman–Crippen MR) is 105 cm³/mol. The molecule has 0 fully saturated rings. The van der Waals surface area contributed by atoms with E-state index in [1.807, 2.05) is 32.0 Å². The smallest absolute Gasteiger partial charge is 0.255 e. The lowest BCUT2D eigenvalue weighted by Crippen LogP contribution is -2.15. The number of aryl methyl sites for hydroxylation is 2. The van der Waals surface area contributed by atoms with Gasteiger partial charge in [-0.1, -0.05) is 18.2 Å². The van der Waals surface area contributed by atoms with Gasteiger partial charge in [0, 0.05) is 28.6 Å². The van der Waals surface area contributed by atoms with Gasteiger partial charge in [-0.05, 0) is 61.4 Å². The van der Waals surface area contributed by atoms with Crippen LogP contribution in [0.4, 0.5) is 20.2 Å². The average Bonchev–Trinajstić information content (AvgIpc) is 2.67. The van der Waals surface area contributed by atoms with Crippen molar-refractivity contribution in [1.29, 1.82) is 0 Å². The van der Waals surface area contributed by atoms with Crippen molar-refractivity contribution in [2.45, 2.75) is 13.8 Å². The second kappa shape index (κ2) is 8.00. The number of anilines is 2. The minimum Gasteiger partial charge on any atom is -0.322 e. The number of hydrogen-bond donors (Lipinski definition) is 2. The lowest BCUT2D eigenvalue weighted by atomic mass is 10.1. The summed E-state index contributed by atoms with van der Waals surface area (Å²) in [4.78, 5) is 24.7. The largest absolute Gasteiger partial charge is 0.322 e. The van der Waals surface area contributed by atoms with Crippen LogP contribution in [0, 0.1) is 25.5 Å².